The van der Waals surface area contributed by atoms with Crippen LogP contribution in [0, 0.1) is 0 Å². The second-order valence-electron chi connectivity index (χ2n) is 5.48. The molecule has 0 radical (unpaired) electrons. The van der Waals surface area contributed by atoms with Crippen LogP contribution < -0.4 is 21.3 Å². The van der Waals surface area contributed by atoms with Gasteiger partial charge in [-0.3, -0.25) is 5.01 Å². The average Bonchev–Trinajstić information content (AvgIpc) is 2.91. The molecule has 2 heterocycles. The molecule has 2 aromatic carbocycles. The van der Waals surface area contributed by atoms with E-state index in [1.165, 1.54) is 0 Å². The van der Waals surface area contributed by atoms with Gasteiger partial charge in [-0.25, -0.2) is 5.01 Å². The first-order valence-electron chi connectivity index (χ1n) is 7.19. The summed E-state index contributed by atoms with van der Waals surface area (Å²) in [5.74, 6) is 0.0993. The molecular weight excluding hydrogens is 312 g/mol. The maximum Gasteiger partial charge on any atom is 0.234 e. The lowest BCUT2D eigenvalue weighted by Crippen LogP contribution is -2.43. The number of anilines is 2. The van der Waals surface area contributed by atoms with Crippen LogP contribution in [0.3, 0.4) is 0 Å². The van der Waals surface area contributed by atoms with Gasteiger partial charge in [0.05, 0.1) is 11.4 Å². The quantitative estimate of drug-likeness (QED) is 0.748. The molecule has 0 saturated heterocycles. The van der Waals surface area contributed by atoms with Gasteiger partial charge in [0, 0.05) is 21.9 Å². The first-order chi connectivity index (χ1) is 11.1. The van der Waals surface area contributed by atoms with Gasteiger partial charge in [-0.1, -0.05) is 29.8 Å². The monoisotopic (exact) mass is 326 g/mol. The summed E-state index contributed by atoms with van der Waals surface area (Å²) in [6, 6.07) is 15.0. The Labute approximate surface area is 138 Å². The molecule has 0 aromatic heterocycles. The minimum Gasteiger partial charge on any atom is -0.492 e. The van der Waals surface area contributed by atoms with Crippen molar-refractivity contribution in [1.82, 2.24) is 5.53 Å². The Morgan fingerprint density at radius 3 is 2.48 bits per heavy atom. The van der Waals surface area contributed by atoms with Gasteiger partial charge in [0.1, 0.15) is 5.70 Å². The van der Waals surface area contributed by atoms with Crippen LogP contribution >= 0.6 is 11.6 Å². The summed E-state index contributed by atoms with van der Waals surface area (Å²) in [5, 5.41) is 14.8. The number of aliphatic hydroxyl groups excluding tert-OH is 1. The number of rotatable bonds is 1. The van der Waals surface area contributed by atoms with Crippen molar-refractivity contribution in [2.24, 2.45) is 5.73 Å². The summed E-state index contributed by atoms with van der Waals surface area (Å²) in [4.78, 5) is 0. The van der Waals surface area contributed by atoms with Crippen molar-refractivity contribution in [1.29, 1.82) is 0 Å². The Balaban J connectivity index is 1.86. The summed E-state index contributed by atoms with van der Waals surface area (Å²) in [6.45, 7) is 1.90. The molecule has 0 aliphatic carbocycles. The van der Waals surface area contributed by atoms with Gasteiger partial charge in [-0.2, -0.15) is 0 Å². The van der Waals surface area contributed by atoms with E-state index in [1.54, 1.807) is 17.1 Å². The van der Waals surface area contributed by atoms with E-state index in [0.717, 1.165) is 22.5 Å². The van der Waals surface area contributed by atoms with Crippen LogP contribution in [0.15, 0.2) is 65.7 Å². The standard InChI is InChI=1S/C17H15ClN4O/c1-10-15(19)13-4-2-3-5-14(13)22-16(10)17(23)21(20-22)12-8-6-11(18)7-9-12/h2-9,20,23H,19H2,1H3. The number of nitrogens with one attached hydrogen (secondary N) is 1. The van der Waals surface area contributed by atoms with Crippen molar-refractivity contribution in [2.75, 3.05) is 10.0 Å². The number of allylic oxidation sites excluding steroid dienone is 1. The number of hydrogen-bond donors (Lipinski definition) is 3. The molecule has 0 bridgehead atoms. The zero-order valence-electron chi connectivity index (χ0n) is 12.4. The third-order valence-electron chi connectivity index (χ3n) is 4.13. The van der Waals surface area contributed by atoms with E-state index < -0.39 is 0 Å². The summed E-state index contributed by atoms with van der Waals surface area (Å²) in [5.41, 5.74) is 14.2. The molecule has 0 fully saturated rings. The van der Waals surface area contributed by atoms with E-state index in [-0.39, 0.29) is 5.88 Å². The number of nitrogens with zero attached hydrogens (tertiary/aromatic N) is 2. The first-order valence-corrected chi connectivity index (χ1v) is 7.57. The lowest BCUT2D eigenvalue weighted by atomic mass is 9.99. The Bertz CT molecular complexity index is 857. The fourth-order valence-corrected chi connectivity index (χ4v) is 3.04. The maximum absolute atomic E-state index is 10.7. The van der Waals surface area contributed by atoms with Crippen LogP contribution in [0.2, 0.25) is 5.02 Å². The molecule has 2 aliphatic heterocycles. The highest BCUT2D eigenvalue weighted by molar-refractivity contribution is 6.30. The minimum atomic E-state index is 0.0993. The molecule has 5 nitrogen and oxygen atoms in total. The fraction of sp³-hybridized carbons (Fsp3) is 0.0588. The highest BCUT2D eigenvalue weighted by Crippen LogP contribution is 2.41. The van der Waals surface area contributed by atoms with Gasteiger partial charge in [0.25, 0.3) is 0 Å². The zero-order chi connectivity index (χ0) is 16.1. The molecule has 116 valence electrons. The molecular formula is C17H15ClN4O. The van der Waals surface area contributed by atoms with Crippen molar-refractivity contribution < 1.29 is 5.11 Å². The van der Waals surface area contributed by atoms with E-state index in [0.29, 0.717) is 16.4 Å². The number of hydrazine groups is 2. The summed E-state index contributed by atoms with van der Waals surface area (Å²) in [6.07, 6.45) is 0. The molecule has 23 heavy (non-hydrogen) atoms. The van der Waals surface area contributed by atoms with Crippen LogP contribution in [-0.2, 0) is 0 Å². The number of halogens is 1. The summed E-state index contributed by atoms with van der Waals surface area (Å²) >= 11 is 5.94. The van der Waals surface area contributed by atoms with Crippen molar-refractivity contribution in [2.45, 2.75) is 6.92 Å². The average molecular weight is 327 g/mol. The lowest BCUT2D eigenvalue weighted by Gasteiger charge is -2.30. The van der Waals surface area contributed by atoms with Crippen molar-refractivity contribution in [3.05, 3.63) is 76.3 Å². The van der Waals surface area contributed by atoms with Gasteiger partial charge in [-0.15, -0.1) is 5.53 Å². The minimum absolute atomic E-state index is 0.0993. The van der Waals surface area contributed by atoms with Crippen molar-refractivity contribution >= 4 is 28.7 Å². The number of aliphatic hydroxyl groups is 1. The highest BCUT2D eigenvalue weighted by atomic mass is 35.5. The largest absolute Gasteiger partial charge is 0.492 e. The maximum atomic E-state index is 10.7. The lowest BCUT2D eigenvalue weighted by molar-refractivity contribution is 0.388. The third-order valence-corrected chi connectivity index (χ3v) is 4.38. The normalized spacial score (nSPS) is 16.8. The second kappa shape index (κ2) is 4.94. The van der Waals surface area contributed by atoms with Gasteiger partial charge in [-0.05, 0) is 37.3 Å². The molecule has 2 aromatic rings. The van der Waals surface area contributed by atoms with E-state index >= 15 is 0 Å². The Morgan fingerprint density at radius 1 is 1.04 bits per heavy atom. The molecule has 2 aliphatic rings. The summed E-state index contributed by atoms with van der Waals surface area (Å²) in [7, 11) is 0. The third kappa shape index (κ3) is 1.98. The molecule has 0 atom stereocenters. The van der Waals surface area contributed by atoms with Crippen molar-refractivity contribution in [3.8, 4) is 0 Å². The number of fused-ring (bicyclic) bond motifs is 3. The van der Waals surface area contributed by atoms with E-state index in [2.05, 4.69) is 5.53 Å². The molecule has 0 spiro atoms. The van der Waals surface area contributed by atoms with Crippen molar-refractivity contribution in [3.63, 3.8) is 0 Å². The van der Waals surface area contributed by atoms with E-state index in [9.17, 15) is 5.11 Å². The molecule has 4 rings (SSSR count). The number of hydrogen-bond acceptors (Lipinski definition) is 5. The molecule has 6 heteroatoms. The topological polar surface area (TPSA) is 64.8 Å². The van der Waals surface area contributed by atoms with E-state index in [1.807, 2.05) is 48.3 Å². The van der Waals surface area contributed by atoms with Crippen LogP contribution in [-0.4, -0.2) is 5.11 Å². The highest BCUT2D eigenvalue weighted by Gasteiger charge is 2.37. The fourth-order valence-electron chi connectivity index (χ4n) is 2.91. The Kier molecular flexibility index (Phi) is 3.01. The molecule has 0 amide bonds. The first kappa shape index (κ1) is 14.0. The molecule has 0 unspecified atom stereocenters. The predicted octanol–water partition coefficient (Wildman–Crippen LogP) is 3.52. The van der Waals surface area contributed by atoms with Gasteiger partial charge in [0.2, 0.25) is 5.88 Å². The SMILES string of the molecule is CC1=C(N)c2ccccc2N2NN(c3ccc(Cl)cc3)C(O)=C12. The van der Waals surface area contributed by atoms with Crippen LogP contribution in [0.5, 0.6) is 0 Å². The summed E-state index contributed by atoms with van der Waals surface area (Å²) < 4.78 is 0. The van der Waals surface area contributed by atoms with Gasteiger partial charge in [0.15, 0.2) is 0 Å². The Morgan fingerprint density at radius 2 is 1.74 bits per heavy atom. The number of para-hydroxylation sites is 1. The second-order valence-corrected chi connectivity index (χ2v) is 5.91. The zero-order valence-corrected chi connectivity index (χ0v) is 13.2. The van der Waals surface area contributed by atoms with E-state index in [4.69, 9.17) is 17.3 Å². The van der Waals surface area contributed by atoms with Crippen LogP contribution in [0.4, 0.5) is 11.4 Å². The van der Waals surface area contributed by atoms with Gasteiger partial charge >= 0.3 is 0 Å². The number of benzene rings is 2. The Hall–Kier alpha value is -2.63. The number of nitrogens with two attached hydrogens (primary N) is 1. The smallest absolute Gasteiger partial charge is 0.234 e. The molecule has 0 saturated carbocycles. The molecule has 4 N–H and O–H groups in total. The van der Waals surface area contributed by atoms with Crippen LogP contribution in [0.1, 0.15) is 12.5 Å². The van der Waals surface area contributed by atoms with Crippen LogP contribution in [0.25, 0.3) is 5.70 Å². The van der Waals surface area contributed by atoms with Gasteiger partial charge < -0.3 is 10.8 Å². The predicted molar refractivity (Wildman–Crippen MR) is 92.4 cm³/mol.